The first-order chi connectivity index (χ1) is 10.2. The summed E-state index contributed by atoms with van der Waals surface area (Å²) in [4.78, 5) is 34.5. The van der Waals surface area contributed by atoms with E-state index in [1.807, 2.05) is 4.90 Å². The van der Waals surface area contributed by atoms with Gasteiger partial charge in [0.1, 0.15) is 17.8 Å². The molecule has 114 valence electrons. The number of carbonyl (C=O) groups excluding carboxylic acids is 2. The molecule has 0 unspecified atom stereocenters. The highest BCUT2D eigenvalue weighted by molar-refractivity contribution is 5.92. The molecule has 21 heavy (non-hydrogen) atoms. The summed E-state index contributed by atoms with van der Waals surface area (Å²) >= 11 is 0. The Kier molecular flexibility index (Phi) is 5.44. The van der Waals surface area contributed by atoms with Gasteiger partial charge in [-0.05, 0) is 0 Å². The third kappa shape index (κ3) is 4.12. The van der Waals surface area contributed by atoms with Crippen LogP contribution >= 0.6 is 0 Å². The molecule has 1 aliphatic rings. The highest BCUT2D eigenvalue weighted by Gasteiger charge is 2.18. The van der Waals surface area contributed by atoms with Crippen molar-refractivity contribution in [2.24, 2.45) is 0 Å². The minimum Gasteiger partial charge on any atom is -0.383 e. The van der Waals surface area contributed by atoms with Crippen LogP contribution in [0.4, 0.5) is 5.82 Å². The predicted octanol–water partition coefficient (Wildman–Crippen LogP) is -0.869. The van der Waals surface area contributed by atoms with Gasteiger partial charge < -0.3 is 19.9 Å². The van der Waals surface area contributed by atoms with E-state index in [0.29, 0.717) is 50.8 Å². The van der Waals surface area contributed by atoms with Gasteiger partial charge in [0.05, 0.1) is 6.61 Å². The smallest absolute Gasteiger partial charge is 0.270 e. The Morgan fingerprint density at radius 1 is 1.38 bits per heavy atom. The first-order valence-corrected chi connectivity index (χ1v) is 6.78. The van der Waals surface area contributed by atoms with Gasteiger partial charge in [0, 0.05) is 45.9 Å². The normalized spacial score (nSPS) is 14.9. The number of anilines is 1. The first-order valence-electron chi connectivity index (χ1n) is 6.78. The van der Waals surface area contributed by atoms with Gasteiger partial charge in [-0.15, -0.1) is 0 Å². The van der Waals surface area contributed by atoms with Crippen LogP contribution in [0.25, 0.3) is 0 Å². The number of hydrogen-bond acceptors (Lipinski definition) is 6. The van der Waals surface area contributed by atoms with Crippen LogP contribution in [0.15, 0.2) is 12.4 Å². The lowest BCUT2D eigenvalue weighted by Gasteiger charge is -2.33. The van der Waals surface area contributed by atoms with Crippen LogP contribution in [0.2, 0.25) is 0 Å². The summed E-state index contributed by atoms with van der Waals surface area (Å²) in [6.07, 6.45) is 2.23. The van der Waals surface area contributed by atoms with Gasteiger partial charge in [0.15, 0.2) is 0 Å². The van der Waals surface area contributed by atoms with Gasteiger partial charge in [0.25, 0.3) is 5.91 Å². The number of hydrogen-bond donors (Lipinski definition) is 1. The standard InChI is InChI=1S/C13H19N5O3/c1-21-7-2-14-13(20)11-8-12(16-9-15-11)18-5-3-17(10-19)4-6-18/h8-10H,2-7H2,1H3,(H,14,20). The molecule has 8 heteroatoms. The van der Waals surface area contributed by atoms with Crippen LogP contribution in [0.1, 0.15) is 10.5 Å². The summed E-state index contributed by atoms with van der Waals surface area (Å²) in [5, 5.41) is 2.72. The van der Waals surface area contributed by atoms with Crippen molar-refractivity contribution in [1.82, 2.24) is 20.2 Å². The number of nitrogens with zero attached hydrogens (tertiary/aromatic N) is 4. The summed E-state index contributed by atoms with van der Waals surface area (Å²) in [6, 6.07) is 1.67. The van der Waals surface area contributed by atoms with Crippen LogP contribution in [0.5, 0.6) is 0 Å². The maximum Gasteiger partial charge on any atom is 0.270 e. The van der Waals surface area contributed by atoms with E-state index in [-0.39, 0.29) is 5.91 Å². The summed E-state index contributed by atoms with van der Waals surface area (Å²) in [7, 11) is 1.58. The van der Waals surface area contributed by atoms with Gasteiger partial charge in [-0.2, -0.15) is 0 Å². The fraction of sp³-hybridized carbons (Fsp3) is 0.538. The van der Waals surface area contributed by atoms with Crippen molar-refractivity contribution in [3.8, 4) is 0 Å². The van der Waals surface area contributed by atoms with Crippen molar-refractivity contribution >= 4 is 18.1 Å². The Balaban J connectivity index is 1.97. The third-order valence-electron chi connectivity index (χ3n) is 3.26. The van der Waals surface area contributed by atoms with Gasteiger partial charge in [-0.25, -0.2) is 9.97 Å². The van der Waals surface area contributed by atoms with Crippen LogP contribution in [-0.4, -0.2) is 73.6 Å². The lowest BCUT2D eigenvalue weighted by molar-refractivity contribution is -0.118. The molecule has 0 radical (unpaired) electrons. The zero-order chi connectivity index (χ0) is 15.1. The maximum atomic E-state index is 11.9. The van der Waals surface area contributed by atoms with Crippen LogP contribution in [0, 0.1) is 0 Å². The summed E-state index contributed by atoms with van der Waals surface area (Å²) in [6.45, 7) is 3.59. The van der Waals surface area contributed by atoms with E-state index in [2.05, 4.69) is 15.3 Å². The minimum absolute atomic E-state index is 0.248. The monoisotopic (exact) mass is 293 g/mol. The van der Waals surface area contributed by atoms with Gasteiger partial charge in [-0.1, -0.05) is 0 Å². The number of carbonyl (C=O) groups is 2. The molecule has 1 aromatic heterocycles. The molecular formula is C13H19N5O3. The van der Waals surface area contributed by atoms with E-state index in [4.69, 9.17) is 4.74 Å². The summed E-state index contributed by atoms with van der Waals surface area (Å²) < 4.78 is 4.88. The lowest BCUT2D eigenvalue weighted by atomic mass is 10.3. The van der Waals surface area contributed by atoms with Gasteiger partial charge in [0.2, 0.25) is 6.41 Å². The van der Waals surface area contributed by atoms with Crippen LogP contribution in [0.3, 0.4) is 0 Å². The summed E-state index contributed by atoms with van der Waals surface area (Å²) in [5.41, 5.74) is 0.328. The zero-order valence-electron chi connectivity index (χ0n) is 12.0. The molecule has 0 aromatic carbocycles. The molecule has 0 saturated carbocycles. The van der Waals surface area contributed by atoms with E-state index < -0.39 is 0 Å². The number of piperazine rings is 1. The molecule has 1 fully saturated rings. The number of nitrogens with one attached hydrogen (secondary N) is 1. The molecule has 0 spiro atoms. The zero-order valence-corrected chi connectivity index (χ0v) is 12.0. The average molecular weight is 293 g/mol. The number of aromatic nitrogens is 2. The predicted molar refractivity (Wildman–Crippen MR) is 76.1 cm³/mol. The summed E-state index contributed by atoms with van der Waals surface area (Å²) in [5.74, 6) is 0.453. The van der Waals surface area contributed by atoms with Crippen molar-refractivity contribution in [2.75, 3.05) is 51.3 Å². The molecule has 1 N–H and O–H groups in total. The Morgan fingerprint density at radius 2 is 2.14 bits per heavy atom. The largest absolute Gasteiger partial charge is 0.383 e. The topological polar surface area (TPSA) is 87.7 Å². The highest BCUT2D eigenvalue weighted by atomic mass is 16.5. The van der Waals surface area contributed by atoms with E-state index >= 15 is 0 Å². The van der Waals surface area contributed by atoms with E-state index in [1.54, 1.807) is 18.1 Å². The van der Waals surface area contributed by atoms with Crippen LogP contribution < -0.4 is 10.2 Å². The maximum absolute atomic E-state index is 11.9. The molecule has 0 atom stereocenters. The van der Waals surface area contributed by atoms with Crippen molar-refractivity contribution in [3.05, 3.63) is 18.1 Å². The molecule has 0 bridgehead atoms. The van der Waals surface area contributed by atoms with Crippen molar-refractivity contribution in [2.45, 2.75) is 0 Å². The molecule has 1 aromatic rings. The van der Waals surface area contributed by atoms with E-state index in [0.717, 1.165) is 6.41 Å². The van der Waals surface area contributed by atoms with Crippen molar-refractivity contribution in [3.63, 3.8) is 0 Å². The minimum atomic E-state index is -0.248. The molecule has 2 amide bonds. The highest BCUT2D eigenvalue weighted by Crippen LogP contribution is 2.13. The number of ether oxygens (including phenoxy) is 1. The van der Waals surface area contributed by atoms with Gasteiger partial charge >= 0.3 is 0 Å². The van der Waals surface area contributed by atoms with Crippen LogP contribution in [-0.2, 0) is 9.53 Å². The number of methoxy groups -OCH3 is 1. The molecule has 2 rings (SSSR count). The number of rotatable bonds is 6. The second-order valence-electron chi connectivity index (χ2n) is 4.64. The average Bonchev–Trinajstić information content (AvgIpc) is 2.55. The number of amides is 2. The third-order valence-corrected chi connectivity index (χ3v) is 3.26. The molecule has 2 heterocycles. The first kappa shape index (κ1) is 15.2. The molecule has 8 nitrogen and oxygen atoms in total. The second-order valence-corrected chi connectivity index (χ2v) is 4.64. The van der Waals surface area contributed by atoms with Gasteiger partial charge in [-0.3, -0.25) is 9.59 Å². The van der Waals surface area contributed by atoms with E-state index in [1.165, 1.54) is 6.33 Å². The second kappa shape index (κ2) is 7.53. The SMILES string of the molecule is COCCNC(=O)c1cc(N2CCN(C=O)CC2)ncn1. The fourth-order valence-electron chi connectivity index (χ4n) is 2.06. The Labute approximate surface area is 123 Å². The quantitative estimate of drug-likeness (QED) is 0.542. The molecule has 1 saturated heterocycles. The Hall–Kier alpha value is -2.22. The lowest BCUT2D eigenvalue weighted by Crippen LogP contribution is -2.46. The molecule has 1 aliphatic heterocycles. The van der Waals surface area contributed by atoms with E-state index in [9.17, 15) is 9.59 Å². The molecule has 0 aliphatic carbocycles. The molecular weight excluding hydrogens is 274 g/mol. The Bertz CT molecular complexity index is 488. The van der Waals surface area contributed by atoms with Crippen molar-refractivity contribution < 1.29 is 14.3 Å². The fourth-order valence-corrected chi connectivity index (χ4v) is 2.06. The Morgan fingerprint density at radius 3 is 2.81 bits per heavy atom. The van der Waals surface area contributed by atoms with Crippen molar-refractivity contribution in [1.29, 1.82) is 0 Å².